The lowest BCUT2D eigenvalue weighted by molar-refractivity contribution is -0.147. The van der Waals surface area contributed by atoms with Crippen molar-refractivity contribution in [2.75, 3.05) is 12.4 Å². The molecule has 1 aromatic carbocycles. The lowest BCUT2D eigenvalue weighted by atomic mass is 9.88. The number of pyridine rings is 1. The third-order valence-electron chi connectivity index (χ3n) is 5.53. The minimum atomic E-state index is -3.17. The Balaban J connectivity index is 1.91. The van der Waals surface area contributed by atoms with Crippen molar-refractivity contribution >= 4 is 28.6 Å². The van der Waals surface area contributed by atoms with Crippen LogP contribution >= 0.6 is 0 Å². The molecule has 0 atom stereocenters. The molecule has 10 heteroatoms. The van der Waals surface area contributed by atoms with E-state index in [4.69, 9.17) is 4.74 Å². The van der Waals surface area contributed by atoms with Crippen LogP contribution in [-0.4, -0.2) is 38.6 Å². The van der Waals surface area contributed by atoms with E-state index in [0.717, 1.165) is 6.07 Å². The largest absolute Gasteiger partial charge is 0.494 e. The Bertz CT molecular complexity index is 1220. The van der Waals surface area contributed by atoms with Crippen molar-refractivity contribution in [3.05, 3.63) is 47.5 Å². The normalized spacial score (nSPS) is 12.1. The quantitative estimate of drug-likeness (QED) is 0.517. The van der Waals surface area contributed by atoms with Crippen molar-refractivity contribution in [3.8, 4) is 5.75 Å². The highest BCUT2D eigenvalue weighted by molar-refractivity contribution is 6.04. The van der Waals surface area contributed by atoms with Gasteiger partial charge in [-0.15, -0.1) is 0 Å². The molecule has 176 valence electrons. The number of fused-ring (bicyclic) bond motifs is 1. The number of carboxylic acid groups (broad SMARTS) is 1. The Morgan fingerprint density at radius 3 is 2.48 bits per heavy atom. The van der Waals surface area contributed by atoms with Crippen molar-refractivity contribution < 1.29 is 28.2 Å². The van der Waals surface area contributed by atoms with Crippen LogP contribution in [0.4, 0.5) is 14.5 Å². The molecule has 0 unspecified atom stereocenters. The van der Waals surface area contributed by atoms with Crippen LogP contribution in [0.15, 0.2) is 30.3 Å². The highest BCUT2D eigenvalue weighted by atomic mass is 19.3. The molecule has 2 N–H and O–H groups in total. The van der Waals surface area contributed by atoms with E-state index in [1.165, 1.54) is 19.2 Å². The summed E-state index contributed by atoms with van der Waals surface area (Å²) in [4.78, 5) is 32.5. The number of alkyl halides is 2. The highest BCUT2D eigenvalue weighted by Gasteiger charge is 2.28. The first-order valence-corrected chi connectivity index (χ1v) is 10.3. The van der Waals surface area contributed by atoms with Gasteiger partial charge in [0.15, 0.2) is 0 Å². The van der Waals surface area contributed by atoms with Crippen LogP contribution in [0, 0.1) is 5.41 Å². The molecule has 0 spiro atoms. The van der Waals surface area contributed by atoms with Crippen LogP contribution in [0.5, 0.6) is 5.75 Å². The average Bonchev–Trinajstić information content (AvgIpc) is 3.06. The predicted molar refractivity (Wildman–Crippen MR) is 119 cm³/mol. The number of imidazole rings is 1. The van der Waals surface area contributed by atoms with E-state index in [2.05, 4.69) is 15.3 Å². The van der Waals surface area contributed by atoms with Crippen molar-refractivity contribution in [3.63, 3.8) is 0 Å². The van der Waals surface area contributed by atoms with Gasteiger partial charge in [0.2, 0.25) is 0 Å². The van der Waals surface area contributed by atoms with E-state index >= 15 is 0 Å². The predicted octanol–water partition coefficient (Wildman–Crippen LogP) is 4.38. The monoisotopic (exact) mass is 460 g/mol. The van der Waals surface area contributed by atoms with Gasteiger partial charge in [-0.3, -0.25) is 9.59 Å². The summed E-state index contributed by atoms with van der Waals surface area (Å²) in [6, 6.07) is 7.18. The highest BCUT2D eigenvalue weighted by Crippen LogP contribution is 2.32. The molecule has 3 rings (SSSR count). The maximum absolute atomic E-state index is 13.6. The minimum absolute atomic E-state index is 0.155. The summed E-state index contributed by atoms with van der Waals surface area (Å²) < 4.78 is 34.4. The zero-order valence-electron chi connectivity index (χ0n) is 19.1. The van der Waals surface area contributed by atoms with E-state index < -0.39 is 28.9 Å². The zero-order chi connectivity index (χ0) is 24.6. The molecule has 3 aromatic rings. The molecule has 33 heavy (non-hydrogen) atoms. The van der Waals surface area contributed by atoms with E-state index in [0.29, 0.717) is 48.1 Å². The Morgan fingerprint density at radius 1 is 1.18 bits per heavy atom. The van der Waals surface area contributed by atoms with Gasteiger partial charge in [0, 0.05) is 26.5 Å². The maximum Gasteiger partial charge on any atom is 0.309 e. The van der Waals surface area contributed by atoms with Crippen molar-refractivity contribution in [2.24, 2.45) is 12.5 Å². The summed E-state index contributed by atoms with van der Waals surface area (Å²) in [5.74, 6) is -3.70. The van der Waals surface area contributed by atoms with Gasteiger partial charge in [0.25, 0.3) is 11.8 Å². The molecule has 0 aliphatic rings. The number of hydrogen-bond donors (Lipinski definition) is 2. The summed E-state index contributed by atoms with van der Waals surface area (Å²) in [7, 11) is 3.23. The maximum atomic E-state index is 13.6. The van der Waals surface area contributed by atoms with E-state index in [9.17, 15) is 23.5 Å². The van der Waals surface area contributed by atoms with Crippen LogP contribution in [0.2, 0.25) is 0 Å². The number of methoxy groups -OCH3 is 1. The number of aromatic nitrogens is 3. The van der Waals surface area contributed by atoms with Gasteiger partial charge in [-0.25, -0.2) is 9.97 Å². The molecule has 0 saturated carbocycles. The average molecular weight is 460 g/mol. The fourth-order valence-electron chi connectivity index (χ4n) is 3.28. The number of ether oxygens (including phenoxy) is 1. The second-order valence-corrected chi connectivity index (χ2v) is 8.57. The number of anilines is 1. The summed E-state index contributed by atoms with van der Waals surface area (Å²) in [6.07, 6.45) is 0.834. The molecule has 0 fully saturated rings. The standard InChI is InChI=1S/C23H26F2N4O4/c1-22(2,21(31)32)10-9-19-27-14-12-17(33-5)15(11-16(14)29(19)4)28-20(30)13-7-6-8-18(26-13)23(3,24)25/h6-8,11-12H,9-10H2,1-5H3,(H,28,30)(H,31,32). The molecule has 2 aromatic heterocycles. The number of aryl methyl sites for hydroxylation is 2. The van der Waals surface area contributed by atoms with Gasteiger partial charge >= 0.3 is 5.97 Å². The Hall–Kier alpha value is -3.56. The molecular formula is C23H26F2N4O4. The number of carbonyl (C=O) groups is 2. The second-order valence-electron chi connectivity index (χ2n) is 8.57. The van der Waals surface area contributed by atoms with Crippen molar-refractivity contribution in [1.29, 1.82) is 0 Å². The Labute approximate surface area is 189 Å². The second kappa shape index (κ2) is 8.76. The number of rotatable bonds is 8. The van der Waals surface area contributed by atoms with Gasteiger partial charge in [0.05, 0.1) is 29.2 Å². The Morgan fingerprint density at radius 2 is 1.88 bits per heavy atom. The number of carboxylic acids is 1. The molecular weight excluding hydrogens is 434 g/mol. The van der Waals surface area contributed by atoms with Crippen LogP contribution in [-0.2, 0) is 24.2 Å². The van der Waals surface area contributed by atoms with E-state index in [1.807, 2.05) is 4.57 Å². The van der Waals surface area contributed by atoms with Gasteiger partial charge in [-0.2, -0.15) is 8.78 Å². The number of halogens is 2. The zero-order valence-corrected chi connectivity index (χ0v) is 19.1. The number of carbonyl (C=O) groups excluding carboxylic acids is 1. The third kappa shape index (κ3) is 5.10. The van der Waals surface area contributed by atoms with Crippen molar-refractivity contribution in [1.82, 2.24) is 14.5 Å². The lowest BCUT2D eigenvalue weighted by Gasteiger charge is -2.18. The van der Waals surface area contributed by atoms with E-state index in [-0.39, 0.29) is 5.69 Å². The van der Waals surface area contributed by atoms with Crippen LogP contribution in [0.25, 0.3) is 11.0 Å². The molecule has 0 bridgehead atoms. The molecule has 1 amide bonds. The lowest BCUT2D eigenvalue weighted by Crippen LogP contribution is -2.24. The first-order valence-electron chi connectivity index (χ1n) is 10.3. The van der Waals surface area contributed by atoms with Gasteiger partial charge in [-0.05, 0) is 38.5 Å². The van der Waals surface area contributed by atoms with Crippen LogP contribution in [0.3, 0.4) is 0 Å². The number of nitrogens with one attached hydrogen (secondary N) is 1. The van der Waals surface area contributed by atoms with Crippen LogP contribution < -0.4 is 10.1 Å². The number of hydrogen-bond acceptors (Lipinski definition) is 5. The SMILES string of the molecule is COc1cc2nc(CCC(C)(C)C(=O)O)n(C)c2cc1NC(=O)c1cccc(C(C)(F)F)n1. The molecule has 0 aliphatic heterocycles. The van der Waals surface area contributed by atoms with Gasteiger partial charge < -0.3 is 19.7 Å². The molecule has 8 nitrogen and oxygen atoms in total. The summed E-state index contributed by atoms with van der Waals surface area (Å²) in [5, 5.41) is 12.0. The fraction of sp³-hybridized carbons (Fsp3) is 0.391. The minimum Gasteiger partial charge on any atom is -0.494 e. The number of benzene rings is 1. The van der Waals surface area contributed by atoms with Crippen LogP contribution in [0.1, 0.15) is 49.2 Å². The molecule has 0 aliphatic carbocycles. The molecule has 0 saturated heterocycles. The Kier molecular flexibility index (Phi) is 6.40. The first kappa shape index (κ1) is 24.1. The fourth-order valence-corrected chi connectivity index (χ4v) is 3.28. The molecule has 2 heterocycles. The summed E-state index contributed by atoms with van der Waals surface area (Å²) in [5.41, 5.74) is 0.0743. The number of nitrogens with zero attached hydrogens (tertiary/aromatic N) is 3. The third-order valence-corrected chi connectivity index (χ3v) is 5.53. The first-order chi connectivity index (χ1) is 15.3. The van der Waals surface area contributed by atoms with Crippen molar-refractivity contribution in [2.45, 2.75) is 39.5 Å². The van der Waals surface area contributed by atoms with E-state index in [1.54, 1.807) is 33.0 Å². The smallest absolute Gasteiger partial charge is 0.309 e. The number of amides is 1. The topological polar surface area (TPSA) is 106 Å². The molecule has 0 radical (unpaired) electrons. The number of aliphatic carboxylic acids is 1. The summed E-state index contributed by atoms with van der Waals surface area (Å²) >= 11 is 0. The van der Waals surface area contributed by atoms with Gasteiger partial charge in [-0.1, -0.05) is 6.07 Å². The van der Waals surface area contributed by atoms with Gasteiger partial charge in [0.1, 0.15) is 23.0 Å². The summed E-state index contributed by atoms with van der Waals surface area (Å²) in [6.45, 7) is 4.03.